The molecule has 0 unspecified atom stereocenters. The Morgan fingerprint density at radius 1 is 0.212 bits per heavy atom. The van der Waals surface area contributed by atoms with Crippen molar-refractivity contribution >= 4 is 34.1 Å². The highest BCUT2D eigenvalue weighted by Crippen LogP contribution is 2.65. The number of anilines is 6. The highest BCUT2D eigenvalue weighted by Gasteiger charge is 2.53. The van der Waals surface area contributed by atoms with Crippen molar-refractivity contribution in [1.82, 2.24) is 0 Å². The summed E-state index contributed by atoms with van der Waals surface area (Å²) in [6.45, 7) is 6.65. The zero-order valence-electron chi connectivity index (χ0n) is 47.8. The standard InChI is InChI=1S/C76H52N2.C7H8/c1-49-23-9-10-28-56(49)65-45-55(77(51-24-5-3-6-25-51)53-41-43-63-61-33-15-21-39-70(61)75(72(63)46-53)66-35-17-11-29-57(66)58-30-12-18-36-67(58)75)48-74(50(65)2)78(52-26-7-4-8-27-52)54-42-44-64-62-34-16-22-40-71(62)76(73(64)47-54)68-37-19-13-31-59(68)60-32-14-20-38-69(60)76;1-7-5-3-2-4-6-7/h3-48H,1-2H3;2-6H,1H3. The summed E-state index contributed by atoms with van der Waals surface area (Å²) in [5, 5.41) is 0. The van der Waals surface area contributed by atoms with E-state index in [1.807, 2.05) is 18.2 Å². The molecule has 2 nitrogen and oxygen atoms in total. The molecule has 85 heavy (non-hydrogen) atoms. The Hall–Kier alpha value is -10.5. The summed E-state index contributed by atoms with van der Waals surface area (Å²) in [6, 6.07) is 115. The van der Waals surface area contributed by atoms with Gasteiger partial charge in [-0.25, -0.2) is 0 Å². The summed E-state index contributed by atoms with van der Waals surface area (Å²) in [5.74, 6) is 0. The Balaban J connectivity index is 0.000000787. The zero-order chi connectivity index (χ0) is 56.8. The number of rotatable bonds is 7. The van der Waals surface area contributed by atoms with E-state index in [0.29, 0.717) is 0 Å². The Morgan fingerprint density at radius 2 is 0.529 bits per heavy atom. The second kappa shape index (κ2) is 19.8. The lowest BCUT2D eigenvalue weighted by Gasteiger charge is -2.34. The third kappa shape index (κ3) is 7.45. The van der Waals surface area contributed by atoms with Crippen LogP contribution in [-0.4, -0.2) is 0 Å². The molecule has 2 heteroatoms. The van der Waals surface area contributed by atoms with E-state index in [1.165, 1.54) is 117 Å². The van der Waals surface area contributed by atoms with Crippen LogP contribution in [0.3, 0.4) is 0 Å². The second-order valence-corrected chi connectivity index (χ2v) is 23.2. The molecule has 0 aliphatic heterocycles. The Morgan fingerprint density at radius 3 is 0.906 bits per heavy atom. The summed E-state index contributed by atoms with van der Waals surface area (Å²) < 4.78 is 0. The van der Waals surface area contributed by atoms with Gasteiger partial charge < -0.3 is 9.80 Å². The largest absolute Gasteiger partial charge is 0.310 e. The van der Waals surface area contributed by atoms with Gasteiger partial charge in [0.15, 0.2) is 0 Å². The van der Waals surface area contributed by atoms with Crippen LogP contribution in [0.1, 0.15) is 61.2 Å². The van der Waals surface area contributed by atoms with Crippen LogP contribution in [-0.2, 0) is 10.8 Å². The summed E-state index contributed by atoms with van der Waals surface area (Å²) in [5.41, 5.74) is 32.7. The first-order chi connectivity index (χ1) is 41.9. The molecule has 0 bridgehead atoms. The van der Waals surface area contributed by atoms with Crippen molar-refractivity contribution in [2.24, 2.45) is 0 Å². The fourth-order valence-electron chi connectivity index (χ4n) is 15.2. The van der Waals surface area contributed by atoms with E-state index < -0.39 is 10.8 Å². The van der Waals surface area contributed by atoms with E-state index in [0.717, 1.165) is 34.1 Å². The lowest BCUT2D eigenvalue weighted by atomic mass is 9.70. The molecular formula is C83H60N2. The number of aryl methyl sites for hydroxylation is 2. The van der Waals surface area contributed by atoms with Crippen LogP contribution in [0.5, 0.6) is 0 Å². The van der Waals surface area contributed by atoms with Crippen molar-refractivity contribution in [3.63, 3.8) is 0 Å². The Labute approximate surface area is 498 Å². The summed E-state index contributed by atoms with van der Waals surface area (Å²) >= 11 is 0. The highest BCUT2D eigenvalue weighted by molar-refractivity contribution is 5.99. The maximum atomic E-state index is 2.52. The molecule has 0 radical (unpaired) electrons. The number of para-hydroxylation sites is 2. The molecule has 0 amide bonds. The molecule has 402 valence electrons. The van der Waals surface area contributed by atoms with E-state index in [1.54, 1.807) is 0 Å². The lowest BCUT2D eigenvalue weighted by Crippen LogP contribution is -2.26. The van der Waals surface area contributed by atoms with Gasteiger partial charge in [0.1, 0.15) is 0 Å². The van der Waals surface area contributed by atoms with Crippen LogP contribution >= 0.6 is 0 Å². The van der Waals surface area contributed by atoms with E-state index >= 15 is 0 Å². The smallest absolute Gasteiger partial charge is 0.0726 e. The average Bonchev–Trinajstić information content (AvgIpc) is 1.59. The monoisotopic (exact) mass is 1080 g/mol. The third-order valence-corrected chi connectivity index (χ3v) is 18.7. The first-order valence-corrected chi connectivity index (χ1v) is 29.7. The minimum Gasteiger partial charge on any atom is -0.310 e. The molecule has 0 saturated carbocycles. The van der Waals surface area contributed by atoms with Gasteiger partial charge in [-0.3, -0.25) is 0 Å². The minimum absolute atomic E-state index is 0.489. The molecule has 2 spiro atoms. The number of benzene rings is 13. The quantitative estimate of drug-likeness (QED) is 0.157. The fraction of sp³-hybridized carbons (Fsp3) is 0.0602. The zero-order valence-corrected chi connectivity index (χ0v) is 47.8. The summed E-state index contributed by atoms with van der Waals surface area (Å²) in [7, 11) is 0. The lowest BCUT2D eigenvalue weighted by molar-refractivity contribution is 0.793. The number of hydrogen-bond acceptors (Lipinski definition) is 2. The van der Waals surface area contributed by atoms with Crippen molar-refractivity contribution in [2.75, 3.05) is 9.80 Å². The van der Waals surface area contributed by atoms with Crippen LogP contribution in [0.2, 0.25) is 0 Å². The van der Waals surface area contributed by atoms with Gasteiger partial charge in [-0.2, -0.15) is 0 Å². The molecule has 4 aliphatic rings. The van der Waals surface area contributed by atoms with Gasteiger partial charge >= 0.3 is 0 Å². The molecule has 0 saturated heterocycles. The molecular weight excluding hydrogens is 1020 g/mol. The van der Waals surface area contributed by atoms with Crippen LogP contribution in [0.15, 0.2) is 309 Å². The number of nitrogens with zero attached hydrogens (tertiary/aromatic N) is 2. The van der Waals surface area contributed by atoms with Crippen LogP contribution < -0.4 is 9.80 Å². The first-order valence-electron chi connectivity index (χ1n) is 29.7. The Bertz CT molecular complexity index is 4640. The van der Waals surface area contributed by atoms with Crippen molar-refractivity contribution in [3.8, 4) is 55.6 Å². The van der Waals surface area contributed by atoms with E-state index in [-0.39, 0.29) is 0 Å². The topological polar surface area (TPSA) is 6.48 Å². The van der Waals surface area contributed by atoms with Crippen molar-refractivity contribution in [2.45, 2.75) is 31.6 Å². The van der Waals surface area contributed by atoms with E-state index in [2.05, 4.69) is 322 Å². The number of fused-ring (bicyclic) bond motifs is 20. The van der Waals surface area contributed by atoms with E-state index in [4.69, 9.17) is 0 Å². The molecule has 4 aliphatic carbocycles. The third-order valence-electron chi connectivity index (χ3n) is 18.7. The summed E-state index contributed by atoms with van der Waals surface area (Å²) in [4.78, 5) is 5.02. The van der Waals surface area contributed by atoms with Gasteiger partial charge in [0.05, 0.1) is 16.5 Å². The summed E-state index contributed by atoms with van der Waals surface area (Å²) in [6.07, 6.45) is 0. The molecule has 13 aromatic carbocycles. The maximum absolute atomic E-state index is 2.52. The van der Waals surface area contributed by atoms with Gasteiger partial charge in [0.25, 0.3) is 0 Å². The SMILES string of the molecule is Cc1ccccc1.Cc1ccccc1-c1cc(N(c2ccccc2)c2ccc3c(c2)C2(c4ccccc4-c4ccccc42)c2ccccc2-3)cc(N(c2ccccc2)c2ccc3c(c2)C2(c4ccccc4-c4ccccc42)c2ccccc2-3)c1C. The average molecular weight is 1090 g/mol. The van der Waals surface area contributed by atoms with Gasteiger partial charge in [-0.05, 0) is 193 Å². The molecule has 13 aromatic rings. The molecule has 0 aromatic heterocycles. The minimum atomic E-state index is -0.490. The maximum Gasteiger partial charge on any atom is 0.0726 e. The van der Waals surface area contributed by atoms with Gasteiger partial charge in [0, 0.05) is 28.4 Å². The predicted octanol–water partition coefficient (Wildman–Crippen LogP) is 21.6. The molecule has 0 heterocycles. The second-order valence-electron chi connectivity index (χ2n) is 23.2. The highest BCUT2D eigenvalue weighted by atomic mass is 15.2. The fourth-order valence-corrected chi connectivity index (χ4v) is 15.2. The molecule has 17 rings (SSSR count). The predicted molar refractivity (Wildman–Crippen MR) is 354 cm³/mol. The van der Waals surface area contributed by atoms with Crippen LogP contribution in [0.25, 0.3) is 55.6 Å². The Kier molecular flexibility index (Phi) is 11.7. The van der Waals surface area contributed by atoms with Gasteiger partial charge in [-0.15, -0.1) is 0 Å². The van der Waals surface area contributed by atoms with Gasteiger partial charge in [0.2, 0.25) is 0 Å². The number of hydrogen-bond donors (Lipinski definition) is 0. The van der Waals surface area contributed by atoms with E-state index in [9.17, 15) is 0 Å². The van der Waals surface area contributed by atoms with Crippen molar-refractivity contribution < 1.29 is 0 Å². The van der Waals surface area contributed by atoms with Crippen molar-refractivity contribution in [3.05, 3.63) is 371 Å². The van der Waals surface area contributed by atoms with Gasteiger partial charge in [-0.1, -0.05) is 254 Å². The molecule has 0 N–H and O–H groups in total. The molecule has 0 atom stereocenters. The van der Waals surface area contributed by atoms with Crippen LogP contribution in [0, 0.1) is 20.8 Å². The normalized spacial score (nSPS) is 13.3. The van der Waals surface area contributed by atoms with Crippen molar-refractivity contribution in [1.29, 1.82) is 0 Å². The first kappa shape index (κ1) is 50.2. The van der Waals surface area contributed by atoms with Crippen LogP contribution in [0.4, 0.5) is 34.1 Å². The molecule has 0 fully saturated rings.